The number of aldehydes is 1. The Morgan fingerprint density at radius 1 is 0.964 bits per heavy atom. The molecular weight excluding hydrogens is 352 g/mol. The number of likely N-dealkylation sites (tertiary alicyclic amines) is 1. The molecule has 1 aromatic heterocycles. The lowest BCUT2D eigenvalue weighted by atomic mass is 9.93. The van der Waals surface area contributed by atoms with Crippen LogP contribution in [0.25, 0.3) is 0 Å². The van der Waals surface area contributed by atoms with E-state index in [1.807, 2.05) is 36.4 Å². The van der Waals surface area contributed by atoms with Crippen molar-refractivity contribution in [1.82, 2.24) is 4.90 Å². The molecule has 1 aromatic carbocycles. The van der Waals surface area contributed by atoms with Crippen molar-refractivity contribution in [3.63, 3.8) is 0 Å². The highest BCUT2D eigenvalue weighted by molar-refractivity contribution is 5.80. The van der Waals surface area contributed by atoms with Crippen molar-refractivity contribution in [3.05, 3.63) is 54.0 Å². The van der Waals surface area contributed by atoms with E-state index in [0.29, 0.717) is 11.5 Å². The average Bonchev–Trinajstić information content (AvgIpc) is 3.18. The minimum Gasteiger partial charge on any atom is -0.467 e. The van der Waals surface area contributed by atoms with Gasteiger partial charge < -0.3 is 14.2 Å². The van der Waals surface area contributed by atoms with Crippen LogP contribution in [0.3, 0.4) is 0 Å². The van der Waals surface area contributed by atoms with E-state index in [9.17, 15) is 9.59 Å². The van der Waals surface area contributed by atoms with Crippen molar-refractivity contribution >= 4 is 17.9 Å². The van der Waals surface area contributed by atoms with Crippen molar-refractivity contribution in [1.29, 1.82) is 0 Å². The number of carbonyl (C=O) groups is 2. The van der Waals surface area contributed by atoms with Gasteiger partial charge in [0.25, 0.3) is 0 Å². The van der Waals surface area contributed by atoms with E-state index in [1.54, 1.807) is 6.26 Å². The largest absolute Gasteiger partial charge is 0.467 e. The Morgan fingerprint density at radius 3 is 2.43 bits per heavy atom. The molecule has 1 atom stereocenters. The van der Waals surface area contributed by atoms with Gasteiger partial charge >= 0.3 is 0 Å². The summed E-state index contributed by atoms with van der Waals surface area (Å²) >= 11 is 0. The normalized spacial score (nSPS) is 21.4. The second-order valence-corrected chi connectivity index (χ2v) is 7.88. The summed E-state index contributed by atoms with van der Waals surface area (Å²) in [5.41, 5.74) is 1.82. The molecule has 2 aliphatic rings. The highest BCUT2D eigenvalue weighted by atomic mass is 16.3. The van der Waals surface area contributed by atoms with Gasteiger partial charge in [-0.3, -0.25) is 9.59 Å². The summed E-state index contributed by atoms with van der Waals surface area (Å²) in [6, 6.07) is 11.7. The molecule has 28 heavy (non-hydrogen) atoms. The molecule has 0 N–H and O–H groups in total. The van der Waals surface area contributed by atoms with Gasteiger partial charge in [-0.25, -0.2) is 0 Å². The van der Waals surface area contributed by atoms with Crippen LogP contribution in [0.4, 0.5) is 5.69 Å². The number of amides is 1. The van der Waals surface area contributed by atoms with Crippen LogP contribution >= 0.6 is 0 Å². The lowest BCUT2D eigenvalue weighted by molar-refractivity contribution is -0.139. The first-order valence-corrected chi connectivity index (χ1v) is 10.4. The van der Waals surface area contributed by atoms with Gasteiger partial charge in [0.05, 0.1) is 12.3 Å². The van der Waals surface area contributed by atoms with E-state index >= 15 is 0 Å². The molecule has 0 saturated carbocycles. The number of benzene rings is 1. The number of hydrogen-bond acceptors (Lipinski definition) is 4. The molecule has 2 saturated heterocycles. The molecule has 148 valence electrons. The number of piperidine rings is 1. The molecule has 2 aromatic rings. The summed E-state index contributed by atoms with van der Waals surface area (Å²) in [4.78, 5) is 28.6. The van der Waals surface area contributed by atoms with Gasteiger partial charge in [0.15, 0.2) is 0 Å². The summed E-state index contributed by atoms with van der Waals surface area (Å²) in [7, 11) is 0. The van der Waals surface area contributed by atoms with Gasteiger partial charge in [-0.05, 0) is 62.1 Å². The first-order chi connectivity index (χ1) is 13.8. The highest BCUT2D eigenvalue weighted by Crippen LogP contribution is 2.33. The van der Waals surface area contributed by atoms with Gasteiger partial charge in [0, 0.05) is 36.8 Å². The number of anilines is 1. The molecule has 0 spiro atoms. The van der Waals surface area contributed by atoms with E-state index in [4.69, 9.17) is 4.42 Å². The average molecular weight is 380 g/mol. The zero-order valence-corrected chi connectivity index (χ0v) is 16.3. The Morgan fingerprint density at radius 2 is 1.75 bits per heavy atom. The van der Waals surface area contributed by atoms with Crippen molar-refractivity contribution in [2.45, 2.75) is 44.6 Å². The van der Waals surface area contributed by atoms with E-state index < -0.39 is 0 Å². The Balaban J connectivity index is 1.41. The molecule has 2 aliphatic heterocycles. The van der Waals surface area contributed by atoms with Crippen molar-refractivity contribution in [2.24, 2.45) is 5.92 Å². The summed E-state index contributed by atoms with van der Waals surface area (Å²) in [5.74, 6) is 1.29. The molecule has 2 fully saturated rings. The summed E-state index contributed by atoms with van der Waals surface area (Å²) in [6.07, 6.45) is 8.69. The molecule has 0 aliphatic carbocycles. The predicted molar refractivity (Wildman–Crippen MR) is 108 cm³/mol. The van der Waals surface area contributed by atoms with Crippen LogP contribution in [0.2, 0.25) is 0 Å². The van der Waals surface area contributed by atoms with Gasteiger partial charge in [-0.15, -0.1) is 0 Å². The predicted octanol–water partition coefficient (Wildman–Crippen LogP) is 4.45. The van der Waals surface area contributed by atoms with E-state index in [2.05, 4.69) is 9.80 Å². The van der Waals surface area contributed by atoms with Crippen LogP contribution in [0, 0.1) is 5.92 Å². The first kappa shape index (κ1) is 18.8. The third-order valence-corrected chi connectivity index (χ3v) is 6.15. The van der Waals surface area contributed by atoms with E-state index in [1.165, 1.54) is 6.42 Å². The first-order valence-electron chi connectivity index (χ1n) is 10.4. The quantitative estimate of drug-likeness (QED) is 0.735. The third-order valence-electron chi connectivity index (χ3n) is 6.15. The van der Waals surface area contributed by atoms with Crippen molar-refractivity contribution < 1.29 is 14.0 Å². The maximum Gasteiger partial charge on any atom is 0.226 e. The van der Waals surface area contributed by atoms with E-state index in [0.717, 1.165) is 69.5 Å². The van der Waals surface area contributed by atoms with Crippen LogP contribution in [0.15, 0.2) is 47.1 Å². The minimum absolute atomic E-state index is 0.0823. The Labute approximate surface area is 166 Å². The van der Waals surface area contributed by atoms with Crippen molar-refractivity contribution in [3.8, 4) is 0 Å². The highest BCUT2D eigenvalue weighted by Gasteiger charge is 2.34. The van der Waals surface area contributed by atoms with Crippen LogP contribution in [-0.2, 0) is 4.79 Å². The third kappa shape index (κ3) is 3.98. The number of hydrogen-bond donors (Lipinski definition) is 0. The topological polar surface area (TPSA) is 53.8 Å². The molecule has 5 nitrogen and oxygen atoms in total. The fourth-order valence-electron chi connectivity index (χ4n) is 4.53. The summed E-state index contributed by atoms with van der Waals surface area (Å²) in [6.45, 7) is 2.57. The van der Waals surface area contributed by atoms with E-state index in [-0.39, 0.29) is 12.0 Å². The Kier molecular flexibility index (Phi) is 5.79. The minimum atomic E-state index is 0.0823. The van der Waals surface area contributed by atoms with Gasteiger partial charge in [0.2, 0.25) is 5.91 Å². The molecule has 0 unspecified atom stereocenters. The zero-order chi connectivity index (χ0) is 19.3. The second-order valence-electron chi connectivity index (χ2n) is 7.88. The van der Waals surface area contributed by atoms with Gasteiger partial charge in [-0.2, -0.15) is 0 Å². The van der Waals surface area contributed by atoms with Crippen LogP contribution in [0.5, 0.6) is 0 Å². The maximum atomic E-state index is 13.4. The molecule has 4 rings (SSSR count). The van der Waals surface area contributed by atoms with Crippen LogP contribution < -0.4 is 4.90 Å². The van der Waals surface area contributed by atoms with Crippen LogP contribution in [-0.4, -0.2) is 36.7 Å². The Hall–Kier alpha value is -2.56. The molecule has 0 bridgehead atoms. The van der Waals surface area contributed by atoms with Crippen LogP contribution in [0.1, 0.15) is 60.7 Å². The second kappa shape index (κ2) is 8.63. The molecule has 0 radical (unpaired) electrons. The molecular formula is C23H28N2O3. The fourth-order valence-corrected chi connectivity index (χ4v) is 4.53. The number of carbonyl (C=O) groups excluding carboxylic acids is 2. The zero-order valence-electron chi connectivity index (χ0n) is 16.3. The number of rotatable bonds is 4. The molecule has 5 heteroatoms. The fraction of sp³-hybridized carbons (Fsp3) is 0.478. The lowest BCUT2D eigenvalue weighted by Gasteiger charge is -2.37. The number of furan rings is 1. The number of nitrogens with zero attached hydrogens (tertiary/aromatic N) is 2. The SMILES string of the molecule is O=Cc1ccc(N2CCC(C(=O)N3CCCCC[C@H]3c3ccco3)CC2)cc1. The Bertz CT molecular complexity index is 777. The monoisotopic (exact) mass is 380 g/mol. The summed E-state index contributed by atoms with van der Waals surface area (Å²) in [5, 5.41) is 0. The van der Waals surface area contributed by atoms with Crippen molar-refractivity contribution in [2.75, 3.05) is 24.5 Å². The smallest absolute Gasteiger partial charge is 0.226 e. The lowest BCUT2D eigenvalue weighted by Crippen LogP contribution is -2.44. The van der Waals surface area contributed by atoms with Gasteiger partial charge in [-0.1, -0.05) is 12.8 Å². The molecule has 3 heterocycles. The standard InChI is InChI=1S/C23H28N2O3/c26-17-18-7-9-20(10-8-18)24-14-11-19(12-15-24)23(27)25-13-3-1-2-5-21(25)22-6-4-16-28-22/h4,6-10,16-17,19,21H,1-3,5,11-15H2/t21-/m0/s1. The maximum absolute atomic E-state index is 13.4. The molecule has 1 amide bonds. The summed E-state index contributed by atoms with van der Waals surface area (Å²) < 4.78 is 5.66. The van der Waals surface area contributed by atoms with Gasteiger partial charge in [0.1, 0.15) is 12.0 Å².